The number of piperidine rings is 1. The Balaban J connectivity index is 1.63. The summed E-state index contributed by atoms with van der Waals surface area (Å²) in [6, 6.07) is 14.0. The van der Waals surface area contributed by atoms with Gasteiger partial charge in [0.25, 0.3) is 0 Å². The Morgan fingerprint density at radius 2 is 1.78 bits per heavy atom. The van der Waals surface area contributed by atoms with Crippen LogP contribution in [-0.4, -0.2) is 28.9 Å². The van der Waals surface area contributed by atoms with E-state index < -0.39 is 0 Å². The van der Waals surface area contributed by atoms with Crippen LogP contribution < -0.4 is 5.73 Å². The molecule has 0 saturated carbocycles. The zero-order valence-electron chi connectivity index (χ0n) is 13.4. The first-order valence-electron chi connectivity index (χ1n) is 8.32. The monoisotopic (exact) mass is 309 g/mol. The molecule has 4 nitrogen and oxygen atoms in total. The summed E-state index contributed by atoms with van der Waals surface area (Å²) in [5.41, 5.74) is 8.98. The standard InChI is InChI=1S/C19H23N3O/c20-19-17(15-7-3-1-4-8-15)11-9-16(21-19)10-12-18(23)22-13-5-2-6-14-22/h1,3-4,7-9,11H,2,5-6,10,12-14H2,(H2,20,21). The van der Waals surface area contributed by atoms with E-state index in [2.05, 4.69) is 4.98 Å². The van der Waals surface area contributed by atoms with Gasteiger partial charge in [0.15, 0.2) is 0 Å². The molecule has 2 aromatic rings. The number of aryl methyl sites for hydroxylation is 1. The van der Waals surface area contributed by atoms with Crippen molar-refractivity contribution >= 4 is 11.7 Å². The van der Waals surface area contributed by atoms with Crippen LogP contribution in [0.15, 0.2) is 42.5 Å². The normalized spacial score (nSPS) is 14.7. The van der Waals surface area contributed by atoms with Gasteiger partial charge in [-0.1, -0.05) is 30.3 Å². The first-order chi connectivity index (χ1) is 11.2. The van der Waals surface area contributed by atoms with Crippen molar-refractivity contribution in [3.05, 3.63) is 48.2 Å². The van der Waals surface area contributed by atoms with Crippen molar-refractivity contribution in [3.63, 3.8) is 0 Å². The van der Waals surface area contributed by atoms with Gasteiger partial charge in [0.1, 0.15) is 5.82 Å². The molecular formula is C19H23N3O. The van der Waals surface area contributed by atoms with Crippen LogP contribution in [0.2, 0.25) is 0 Å². The third-order valence-corrected chi connectivity index (χ3v) is 4.37. The minimum Gasteiger partial charge on any atom is -0.383 e. The number of hydrogen-bond donors (Lipinski definition) is 1. The first kappa shape index (κ1) is 15.5. The van der Waals surface area contributed by atoms with Gasteiger partial charge in [-0.25, -0.2) is 4.98 Å². The van der Waals surface area contributed by atoms with Gasteiger partial charge >= 0.3 is 0 Å². The molecule has 1 aliphatic heterocycles. The molecule has 0 radical (unpaired) electrons. The SMILES string of the molecule is Nc1nc(CCC(=O)N2CCCCC2)ccc1-c1ccccc1. The van der Waals surface area contributed by atoms with E-state index >= 15 is 0 Å². The lowest BCUT2D eigenvalue weighted by molar-refractivity contribution is -0.132. The zero-order valence-corrected chi connectivity index (χ0v) is 13.4. The Labute approximate surface area is 137 Å². The van der Waals surface area contributed by atoms with E-state index in [0.717, 1.165) is 42.8 Å². The fourth-order valence-corrected chi connectivity index (χ4v) is 3.05. The summed E-state index contributed by atoms with van der Waals surface area (Å²) in [5.74, 6) is 0.760. The number of hydrogen-bond acceptors (Lipinski definition) is 3. The highest BCUT2D eigenvalue weighted by Gasteiger charge is 2.16. The van der Waals surface area contributed by atoms with Crippen LogP contribution in [0.5, 0.6) is 0 Å². The number of aromatic nitrogens is 1. The van der Waals surface area contributed by atoms with Gasteiger partial charge < -0.3 is 10.6 Å². The molecule has 0 aliphatic carbocycles. The summed E-state index contributed by atoms with van der Waals surface area (Å²) in [7, 11) is 0. The Morgan fingerprint density at radius 3 is 2.48 bits per heavy atom. The summed E-state index contributed by atoms with van der Waals surface area (Å²) in [6.45, 7) is 1.81. The van der Waals surface area contributed by atoms with E-state index in [1.54, 1.807) is 0 Å². The molecule has 1 aromatic heterocycles. The molecule has 0 atom stereocenters. The van der Waals surface area contributed by atoms with E-state index in [4.69, 9.17) is 5.73 Å². The van der Waals surface area contributed by atoms with Crippen LogP contribution in [-0.2, 0) is 11.2 Å². The molecule has 23 heavy (non-hydrogen) atoms. The smallest absolute Gasteiger partial charge is 0.222 e. The lowest BCUT2D eigenvalue weighted by Gasteiger charge is -2.26. The predicted molar refractivity (Wildman–Crippen MR) is 92.8 cm³/mol. The number of nitrogens with zero attached hydrogens (tertiary/aromatic N) is 2. The molecule has 1 saturated heterocycles. The number of pyridine rings is 1. The molecule has 3 rings (SSSR count). The molecule has 1 amide bonds. The molecule has 0 spiro atoms. The number of rotatable bonds is 4. The second kappa shape index (κ2) is 7.27. The molecule has 120 valence electrons. The van der Waals surface area contributed by atoms with Crippen LogP contribution in [0.1, 0.15) is 31.4 Å². The molecule has 1 aromatic carbocycles. The number of carbonyl (C=O) groups excluding carboxylic acids is 1. The van der Waals surface area contributed by atoms with Gasteiger partial charge in [0.05, 0.1) is 0 Å². The van der Waals surface area contributed by atoms with Gasteiger partial charge in [-0.05, 0) is 43.4 Å². The predicted octanol–water partition coefficient (Wildman–Crippen LogP) is 3.28. The Hall–Kier alpha value is -2.36. The average molecular weight is 309 g/mol. The zero-order chi connectivity index (χ0) is 16.1. The van der Waals surface area contributed by atoms with Crippen molar-refractivity contribution in [2.24, 2.45) is 0 Å². The van der Waals surface area contributed by atoms with E-state index in [9.17, 15) is 4.79 Å². The number of anilines is 1. The van der Waals surface area contributed by atoms with E-state index in [1.807, 2.05) is 47.4 Å². The topological polar surface area (TPSA) is 59.2 Å². The summed E-state index contributed by atoms with van der Waals surface area (Å²) < 4.78 is 0. The van der Waals surface area contributed by atoms with Crippen LogP contribution in [0.25, 0.3) is 11.1 Å². The third kappa shape index (κ3) is 3.89. The fraction of sp³-hybridized carbons (Fsp3) is 0.368. The molecule has 2 heterocycles. The maximum atomic E-state index is 12.2. The van der Waals surface area contributed by atoms with Crippen molar-refractivity contribution in [1.82, 2.24) is 9.88 Å². The minimum atomic E-state index is 0.234. The summed E-state index contributed by atoms with van der Waals surface area (Å²) in [5, 5.41) is 0. The van der Waals surface area contributed by atoms with Gasteiger partial charge in [0, 0.05) is 30.8 Å². The third-order valence-electron chi connectivity index (χ3n) is 4.37. The number of carbonyl (C=O) groups is 1. The molecular weight excluding hydrogens is 286 g/mol. The van der Waals surface area contributed by atoms with Gasteiger partial charge in [0.2, 0.25) is 5.91 Å². The van der Waals surface area contributed by atoms with Crippen molar-refractivity contribution < 1.29 is 4.79 Å². The summed E-state index contributed by atoms with van der Waals surface area (Å²) in [6.07, 6.45) is 4.65. The van der Waals surface area contributed by atoms with Crippen molar-refractivity contribution in [1.29, 1.82) is 0 Å². The summed E-state index contributed by atoms with van der Waals surface area (Å²) in [4.78, 5) is 18.7. The number of nitrogen functional groups attached to an aromatic ring is 1. The second-order valence-electron chi connectivity index (χ2n) is 6.04. The highest BCUT2D eigenvalue weighted by atomic mass is 16.2. The highest BCUT2D eigenvalue weighted by molar-refractivity contribution is 5.77. The van der Waals surface area contributed by atoms with Crippen molar-refractivity contribution in [2.45, 2.75) is 32.1 Å². The Morgan fingerprint density at radius 1 is 1.04 bits per heavy atom. The van der Waals surface area contributed by atoms with E-state index in [-0.39, 0.29) is 5.91 Å². The molecule has 1 aliphatic rings. The average Bonchev–Trinajstić information content (AvgIpc) is 2.61. The molecule has 1 fully saturated rings. The highest BCUT2D eigenvalue weighted by Crippen LogP contribution is 2.24. The number of nitrogens with two attached hydrogens (primary N) is 1. The van der Waals surface area contributed by atoms with E-state index in [0.29, 0.717) is 18.7 Å². The largest absolute Gasteiger partial charge is 0.383 e. The van der Waals surface area contributed by atoms with Crippen LogP contribution in [0.3, 0.4) is 0 Å². The lowest BCUT2D eigenvalue weighted by atomic mass is 10.1. The van der Waals surface area contributed by atoms with Gasteiger partial charge in [-0.2, -0.15) is 0 Å². The molecule has 0 bridgehead atoms. The van der Waals surface area contributed by atoms with Crippen LogP contribution >= 0.6 is 0 Å². The second-order valence-corrected chi connectivity index (χ2v) is 6.04. The Kier molecular flexibility index (Phi) is 4.91. The van der Waals surface area contributed by atoms with Crippen molar-refractivity contribution in [3.8, 4) is 11.1 Å². The lowest BCUT2D eigenvalue weighted by Crippen LogP contribution is -2.35. The molecule has 0 unspecified atom stereocenters. The molecule has 4 heteroatoms. The maximum Gasteiger partial charge on any atom is 0.222 e. The number of likely N-dealkylation sites (tertiary alicyclic amines) is 1. The fourth-order valence-electron chi connectivity index (χ4n) is 3.05. The van der Waals surface area contributed by atoms with Gasteiger partial charge in [-0.15, -0.1) is 0 Å². The minimum absolute atomic E-state index is 0.234. The van der Waals surface area contributed by atoms with E-state index in [1.165, 1.54) is 6.42 Å². The quantitative estimate of drug-likeness (QED) is 0.943. The Bertz CT molecular complexity index is 664. The first-order valence-corrected chi connectivity index (χ1v) is 8.32. The number of benzene rings is 1. The molecule has 2 N–H and O–H groups in total. The van der Waals surface area contributed by atoms with Gasteiger partial charge in [-0.3, -0.25) is 4.79 Å². The number of amides is 1. The van der Waals surface area contributed by atoms with Crippen molar-refractivity contribution in [2.75, 3.05) is 18.8 Å². The maximum absolute atomic E-state index is 12.2. The summed E-state index contributed by atoms with van der Waals surface area (Å²) >= 11 is 0. The van der Waals surface area contributed by atoms with Crippen LogP contribution in [0, 0.1) is 0 Å². The van der Waals surface area contributed by atoms with Crippen LogP contribution in [0.4, 0.5) is 5.82 Å².